The van der Waals surface area contributed by atoms with Gasteiger partial charge >= 0.3 is 0 Å². The number of hydrogen-bond acceptors (Lipinski definition) is 1. The maximum absolute atomic E-state index is 11.2. The van der Waals surface area contributed by atoms with Crippen molar-refractivity contribution in [1.82, 2.24) is 0 Å². The van der Waals surface area contributed by atoms with Gasteiger partial charge in [-0.3, -0.25) is 4.79 Å². The first-order chi connectivity index (χ1) is 5.51. The van der Waals surface area contributed by atoms with Gasteiger partial charge in [-0.25, -0.2) is 4.99 Å². The molecule has 2 heteroatoms. The number of rotatable bonds is 0. The van der Waals surface area contributed by atoms with Gasteiger partial charge in [0.05, 0.1) is 0 Å². The molecular formula is C10H15NO. The van der Waals surface area contributed by atoms with Gasteiger partial charge in [0.2, 0.25) is 5.91 Å². The molecule has 0 N–H and O–H groups in total. The van der Waals surface area contributed by atoms with E-state index < -0.39 is 0 Å². The summed E-state index contributed by atoms with van der Waals surface area (Å²) < 4.78 is 0. The molecule has 0 saturated carbocycles. The van der Waals surface area contributed by atoms with Crippen LogP contribution in [0.15, 0.2) is 17.1 Å². The molecule has 12 heavy (non-hydrogen) atoms. The Morgan fingerprint density at radius 1 is 1.58 bits per heavy atom. The Morgan fingerprint density at radius 3 is 2.92 bits per heavy atom. The summed E-state index contributed by atoms with van der Waals surface area (Å²) in [6, 6.07) is 0. The van der Waals surface area contributed by atoms with E-state index in [4.69, 9.17) is 0 Å². The smallest absolute Gasteiger partial charge is 0.248 e. The summed E-state index contributed by atoms with van der Waals surface area (Å²) in [5.74, 6) is 0.0287. The van der Waals surface area contributed by atoms with Crippen molar-refractivity contribution in [3.05, 3.63) is 12.2 Å². The van der Waals surface area contributed by atoms with Gasteiger partial charge in [0.1, 0.15) is 0 Å². The average Bonchev–Trinajstić information content (AvgIpc) is 1.98. The third-order valence-electron chi connectivity index (χ3n) is 1.98. The van der Waals surface area contributed by atoms with Crippen LogP contribution in [0.25, 0.3) is 0 Å². The average molecular weight is 165 g/mol. The molecule has 1 heterocycles. The summed E-state index contributed by atoms with van der Waals surface area (Å²) in [5.41, 5.74) is -0.0736. The second-order valence-electron chi connectivity index (χ2n) is 3.96. The van der Waals surface area contributed by atoms with Gasteiger partial charge in [-0.2, -0.15) is 0 Å². The zero-order chi connectivity index (χ0) is 9.19. The molecule has 1 atom stereocenters. The highest BCUT2D eigenvalue weighted by Gasteiger charge is 2.16. The second-order valence-corrected chi connectivity index (χ2v) is 3.96. The fourth-order valence-corrected chi connectivity index (χ4v) is 1.08. The molecule has 1 amide bonds. The van der Waals surface area contributed by atoms with Crippen LogP contribution in [0.4, 0.5) is 0 Å². The Kier molecular flexibility index (Phi) is 2.46. The lowest BCUT2D eigenvalue weighted by Gasteiger charge is -2.16. The molecule has 66 valence electrons. The summed E-state index contributed by atoms with van der Waals surface area (Å²) in [5, 5.41) is 0. The number of carbonyl (C=O) groups excluding carboxylic acids is 1. The fourth-order valence-electron chi connectivity index (χ4n) is 1.08. The van der Waals surface area contributed by atoms with Crippen molar-refractivity contribution in [3.8, 4) is 0 Å². The Morgan fingerprint density at radius 2 is 2.25 bits per heavy atom. The van der Waals surface area contributed by atoms with E-state index in [1.165, 1.54) is 0 Å². The van der Waals surface area contributed by atoms with Crippen LogP contribution >= 0.6 is 0 Å². The van der Waals surface area contributed by atoms with Gasteiger partial charge in [0, 0.05) is 17.5 Å². The molecule has 1 unspecified atom stereocenters. The number of hydrogen-bond donors (Lipinski definition) is 0. The molecule has 0 saturated heterocycles. The van der Waals surface area contributed by atoms with Gasteiger partial charge < -0.3 is 0 Å². The molecule has 0 bridgehead atoms. The van der Waals surface area contributed by atoms with E-state index in [9.17, 15) is 4.79 Å². The lowest BCUT2D eigenvalue weighted by atomic mass is 9.92. The molecule has 0 spiro atoms. The van der Waals surface area contributed by atoms with Crippen LogP contribution in [-0.2, 0) is 4.79 Å². The summed E-state index contributed by atoms with van der Waals surface area (Å²) in [4.78, 5) is 15.1. The van der Waals surface area contributed by atoms with Gasteiger partial charge in [-0.05, 0) is 6.42 Å². The van der Waals surface area contributed by atoms with Gasteiger partial charge in [0.25, 0.3) is 0 Å². The molecule has 0 aliphatic carbocycles. The van der Waals surface area contributed by atoms with Crippen LogP contribution in [0, 0.1) is 11.3 Å². The van der Waals surface area contributed by atoms with E-state index in [1.807, 2.05) is 20.8 Å². The number of amides is 1. The molecule has 1 aliphatic rings. The molecular weight excluding hydrogens is 150 g/mol. The minimum Gasteiger partial charge on any atom is -0.272 e. The van der Waals surface area contributed by atoms with Crippen molar-refractivity contribution in [1.29, 1.82) is 0 Å². The predicted molar refractivity (Wildman–Crippen MR) is 50.2 cm³/mol. The van der Waals surface area contributed by atoms with E-state index in [0.717, 1.165) is 6.42 Å². The van der Waals surface area contributed by atoms with Crippen LogP contribution in [0.5, 0.6) is 0 Å². The number of carbonyl (C=O) groups is 1. The quantitative estimate of drug-likeness (QED) is 0.506. The van der Waals surface area contributed by atoms with Crippen LogP contribution in [0.3, 0.4) is 0 Å². The van der Waals surface area contributed by atoms with E-state index in [1.54, 1.807) is 6.21 Å². The van der Waals surface area contributed by atoms with Crippen LogP contribution in [0.2, 0.25) is 0 Å². The van der Waals surface area contributed by atoms with E-state index >= 15 is 0 Å². The minimum absolute atomic E-state index is 0.00701. The Balaban J connectivity index is 2.83. The first-order valence-electron chi connectivity index (χ1n) is 4.28. The van der Waals surface area contributed by atoms with Crippen molar-refractivity contribution >= 4 is 12.1 Å². The molecule has 2 nitrogen and oxygen atoms in total. The first kappa shape index (κ1) is 9.17. The molecule has 1 rings (SSSR count). The SMILES string of the molecule is CC1C/C=C\C(C)(C)/C=N\C1=O. The number of allylic oxidation sites excluding steroid dienone is 2. The van der Waals surface area contributed by atoms with Crippen molar-refractivity contribution < 1.29 is 4.79 Å². The van der Waals surface area contributed by atoms with Gasteiger partial charge in [-0.1, -0.05) is 32.9 Å². The molecule has 0 aromatic rings. The highest BCUT2D eigenvalue weighted by molar-refractivity contribution is 5.89. The zero-order valence-corrected chi connectivity index (χ0v) is 7.87. The van der Waals surface area contributed by atoms with E-state index in [0.29, 0.717) is 0 Å². The Hall–Kier alpha value is -0.920. The lowest BCUT2D eigenvalue weighted by molar-refractivity contribution is -0.120. The molecule has 1 aliphatic heterocycles. The third kappa shape index (κ3) is 2.29. The lowest BCUT2D eigenvalue weighted by Crippen LogP contribution is -2.16. The van der Waals surface area contributed by atoms with Gasteiger partial charge in [0.15, 0.2) is 0 Å². The summed E-state index contributed by atoms with van der Waals surface area (Å²) in [7, 11) is 0. The van der Waals surface area contributed by atoms with Crippen LogP contribution in [0.1, 0.15) is 27.2 Å². The van der Waals surface area contributed by atoms with Crippen molar-refractivity contribution in [2.75, 3.05) is 0 Å². The predicted octanol–water partition coefficient (Wildman–Crippen LogP) is 2.21. The summed E-state index contributed by atoms with van der Waals surface area (Å²) >= 11 is 0. The zero-order valence-electron chi connectivity index (χ0n) is 7.87. The highest BCUT2D eigenvalue weighted by atomic mass is 16.1. The van der Waals surface area contributed by atoms with E-state index in [2.05, 4.69) is 17.1 Å². The third-order valence-corrected chi connectivity index (χ3v) is 1.98. The van der Waals surface area contributed by atoms with Crippen molar-refractivity contribution in [3.63, 3.8) is 0 Å². The van der Waals surface area contributed by atoms with Crippen LogP contribution in [-0.4, -0.2) is 12.1 Å². The molecule has 0 radical (unpaired) electrons. The largest absolute Gasteiger partial charge is 0.272 e. The van der Waals surface area contributed by atoms with Crippen molar-refractivity contribution in [2.45, 2.75) is 27.2 Å². The fraction of sp³-hybridized carbons (Fsp3) is 0.600. The molecule has 0 aromatic heterocycles. The van der Waals surface area contributed by atoms with Gasteiger partial charge in [-0.15, -0.1) is 0 Å². The Bertz CT molecular complexity index is 238. The highest BCUT2D eigenvalue weighted by Crippen LogP contribution is 2.18. The molecule has 0 fully saturated rings. The molecule has 0 aromatic carbocycles. The maximum atomic E-state index is 11.2. The first-order valence-corrected chi connectivity index (χ1v) is 4.28. The maximum Gasteiger partial charge on any atom is 0.248 e. The normalized spacial score (nSPS) is 33.6. The van der Waals surface area contributed by atoms with Crippen molar-refractivity contribution in [2.24, 2.45) is 16.3 Å². The summed E-state index contributed by atoms with van der Waals surface area (Å²) in [6.45, 7) is 5.98. The second kappa shape index (κ2) is 3.21. The number of aliphatic imine (C=N–C) groups is 1. The minimum atomic E-state index is -0.0736. The Labute approximate surface area is 73.4 Å². The summed E-state index contributed by atoms with van der Waals surface area (Å²) in [6.07, 6.45) is 6.69. The number of nitrogens with zero attached hydrogens (tertiary/aromatic N) is 1. The standard InChI is InChI=1S/C10H15NO/c1-8-5-4-6-10(2,3)7-11-9(8)12/h4,6-8H,5H2,1-3H3/b6-4-,11-7-. The van der Waals surface area contributed by atoms with E-state index in [-0.39, 0.29) is 17.2 Å². The monoisotopic (exact) mass is 165 g/mol. The topological polar surface area (TPSA) is 29.4 Å². The van der Waals surface area contributed by atoms with Crippen LogP contribution < -0.4 is 0 Å².